The smallest absolute Gasteiger partial charge is 0.420 e. The number of Topliss-reactive ketones (excluding diaryl/α,β-unsaturated/α-hetero) is 2. The van der Waals surface area contributed by atoms with Gasteiger partial charge < -0.3 is 23.4 Å². The molecule has 0 unspecified atom stereocenters. The summed E-state index contributed by atoms with van der Waals surface area (Å²) >= 11 is 0. The number of aromatic nitrogens is 2. The number of hydrogen-bond donors (Lipinski definition) is 0. The van der Waals surface area contributed by atoms with Gasteiger partial charge in [0.15, 0.2) is 31.8 Å². The van der Waals surface area contributed by atoms with Gasteiger partial charge in [0.25, 0.3) is 0 Å². The van der Waals surface area contributed by atoms with E-state index in [4.69, 9.17) is 23.4 Å². The minimum Gasteiger partial charge on any atom is -0.457 e. The molecule has 0 saturated carbocycles. The van der Waals surface area contributed by atoms with Crippen LogP contribution in [0.4, 0.5) is 4.79 Å². The third-order valence-corrected chi connectivity index (χ3v) is 16.4. The van der Waals surface area contributed by atoms with E-state index in [1.807, 2.05) is 27.7 Å². The molecule has 52 heavy (non-hydrogen) atoms. The van der Waals surface area contributed by atoms with Gasteiger partial charge in [0.1, 0.15) is 18.3 Å². The molecule has 0 amide bonds. The van der Waals surface area contributed by atoms with Gasteiger partial charge in [-0.05, 0) is 81.1 Å². The van der Waals surface area contributed by atoms with Crippen LogP contribution in [-0.2, 0) is 37.8 Å². The highest BCUT2D eigenvalue weighted by molar-refractivity contribution is 6.74. The average molecular weight is 747 g/mol. The van der Waals surface area contributed by atoms with Crippen LogP contribution in [0.3, 0.4) is 0 Å². The zero-order chi connectivity index (χ0) is 39.6. The average Bonchev–Trinajstić information content (AvgIpc) is 3.60. The molecule has 1 aromatic heterocycles. The van der Waals surface area contributed by atoms with Crippen LogP contribution in [0.1, 0.15) is 109 Å². The van der Waals surface area contributed by atoms with Crippen molar-refractivity contribution >= 4 is 31.9 Å². The summed E-state index contributed by atoms with van der Waals surface area (Å²) in [4.78, 5) is 60.4. The van der Waals surface area contributed by atoms with Crippen LogP contribution >= 0.6 is 0 Å². The van der Waals surface area contributed by atoms with Crippen molar-refractivity contribution < 1.29 is 42.6 Å². The lowest BCUT2D eigenvalue weighted by molar-refractivity contribution is -0.267. The summed E-state index contributed by atoms with van der Waals surface area (Å²) in [5.74, 6) is -3.26. The van der Waals surface area contributed by atoms with Gasteiger partial charge in [-0.15, -0.1) is 0 Å². The third kappa shape index (κ3) is 9.89. The Hall–Kier alpha value is -2.67. The number of nitrogens with zero attached hydrogens (tertiary/aromatic N) is 2. The van der Waals surface area contributed by atoms with E-state index in [-0.39, 0.29) is 41.7 Å². The Morgan fingerprint density at radius 3 is 2.27 bits per heavy atom. The maximum Gasteiger partial charge on any atom is 0.420 e. The highest BCUT2D eigenvalue weighted by Crippen LogP contribution is 2.42. The fourth-order valence-corrected chi connectivity index (χ4v) is 8.41. The van der Waals surface area contributed by atoms with Crippen molar-refractivity contribution in [2.45, 2.75) is 158 Å². The van der Waals surface area contributed by atoms with Crippen molar-refractivity contribution in [3.63, 3.8) is 0 Å². The van der Waals surface area contributed by atoms with Gasteiger partial charge >= 0.3 is 12.1 Å². The maximum absolute atomic E-state index is 14.4. The van der Waals surface area contributed by atoms with Crippen LogP contribution < -0.4 is 0 Å². The van der Waals surface area contributed by atoms with Crippen molar-refractivity contribution in [2.24, 2.45) is 35.0 Å². The monoisotopic (exact) mass is 746 g/mol. The standard InChI is InChI=1S/C40H66N2O9Si/c1-16-31-40(22-47-52(14,15)38(9,10)11,51-37(46)42-18-17-41-23-42)21-26(4)32(43)25(3)20-39(12,13)34(29(7)33(44)30(8)35(45)49-31)50-36-28(6)24(2)19-27(5)48-36/h17-18,21,23-25,27-31,34,36H,16,19-20,22H2,1-15H3/b26-21+/t24-,25+,27+,28+,29-,30+,31+,34+,36-,40+/m0/s1. The zero-order valence-corrected chi connectivity index (χ0v) is 35.4. The first-order valence-corrected chi connectivity index (χ1v) is 21.9. The Morgan fingerprint density at radius 1 is 1.08 bits per heavy atom. The molecule has 1 fully saturated rings. The van der Waals surface area contributed by atoms with Gasteiger partial charge in [-0.1, -0.05) is 69.2 Å². The highest BCUT2D eigenvalue weighted by atomic mass is 28.4. The summed E-state index contributed by atoms with van der Waals surface area (Å²) in [6.07, 6.45) is 4.17. The van der Waals surface area contributed by atoms with E-state index in [0.717, 1.165) is 6.42 Å². The Balaban J connectivity index is 2.20. The summed E-state index contributed by atoms with van der Waals surface area (Å²) in [6, 6.07) is 0. The Labute approximate surface area is 313 Å². The second-order valence-corrected chi connectivity index (χ2v) is 22.6. The van der Waals surface area contributed by atoms with E-state index in [9.17, 15) is 19.2 Å². The molecule has 1 aromatic rings. The largest absolute Gasteiger partial charge is 0.457 e. The van der Waals surface area contributed by atoms with Crippen molar-refractivity contribution in [3.05, 3.63) is 30.4 Å². The molecule has 0 spiro atoms. The van der Waals surface area contributed by atoms with Gasteiger partial charge in [0.2, 0.25) is 0 Å². The molecule has 0 N–H and O–H groups in total. The number of allylic oxidation sites excluding steroid dienone is 1. The minimum absolute atomic E-state index is 0.0132. The highest BCUT2D eigenvalue weighted by Gasteiger charge is 2.50. The summed E-state index contributed by atoms with van der Waals surface area (Å²) in [7, 11) is -2.49. The van der Waals surface area contributed by atoms with Crippen LogP contribution in [-0.4, -0.2) is 78.3 Å². The number of hydrogen-bond acceptors (Lipinski definition) is 10. The number of imidazole rings is 1. The second kappa shape index (κ2) is 16.8. The number of esters is 1. The lowest BCUT2D eigenvalue weighted by Crippen LogP contribution is -2.55. The summed E-state index contributed by atoms with van der Waals surface area (Å²) in [5.41, 5.74) is -2.08. The molecule has 0 radical (unpaired) electrons. The van der Waals surface area contributed by atoms with Crippen LogP contribution in [0, 0.1) is 35.0 Å². The molecule has 1 saturated heterocycles. The summed E-state index contributed by atoms with van der Waals surface area (Å²) in [5, 5.41) is -0.205. The fourth-order valence-electron chi connectivity index (χ4n) is 7.39. The molecule has 0 aromatic carbocycles. The molecule has 10 atom stereocenters. The SMILES string of the molecule is CC[C@H]1OC(=O)[C@H](C)C(=O)[C@H](C)[C@@H](O[C@@H]2O[C@H](C)C[C@H](C)[C@H]2C)C(C)(C)C[C@@H](C)C(=O)/C(C)=C/[C@]1(CO[Si](C)(C)C(C)(C)C)OC(=O)n1ccnc1. The molecular weight excluding hydrogens is 681 g/mol. The number of cyclic esters (lactones) is 1. The molecule has 3 heterocycles. The first kappa shape index (κ1) is 43.7. The summed E-state index contributed by atoms with van der Waals surface area (Å²) < 4.78 is 33.5. The van der Waals surface area contributed by atoms with Crippen molar-refractivity contribution in [1.29, 1.82) is 0 Å². The van der Waals surface area contributed by atoms with Crippen LogP contribution in [0.15, 0.2) is 30.4 Å². The Bertz CT molecular complexity index is 1450. The maximum atomic E-state index is 14.4. The molecule has 0 bridgehead atoms. The van der Waals surface area contributed by atoms with E-state index in [2.05, 4.69) is 52.7 Å². The molecule has 0 aliphatic carbocycles. The van der Waals surface area contributed by atoms with Crippen LogP contribution in [0.2, 0.25) is 18.1 Å². The topological polar surface area (TPSA) is 132 Å². The predicted octanol–water partition coefficient (Wildman–Crippen LogP) is 8.17. The first-order chi connectivity index (χ1) is 23.9. The van der Waals surface area contributed by atoms with Crippen LogP contribution in [0.25, 0.3) is 0 Å². The fraction of sp³-hybridized carbons (Fsp3) is 0.775. The van der Waals surface area contributed by atoms with E-state index in [1.165, 1.54) is 23.3 Å². The Kier molecular flexibility index (Phi) is 14.1. The number of ketones is 2. The van der Waals surface area contributed by atoms with Crippen molar-refractivity contribution in [3.8, 4) is 0 Å². The lowest BCUT2D eigenvalue weighted by Gasteiger charge is -2.45. The molecule has 294 valence electrons. The normalized spacial score (nSPS) is 35.2. The number of carbonyl (C=O) groups excluding carboxylic acids is 4. The van der Waals surface area contributed by atoms with E-state index >= 15 is 0 Å². The third-order valence-electron chi connectivity index (χ3n) is 11.9. The quantitative estimate of drug-likeness (QED) is 0.153. The number of ether oxygens (including phenoxy) is 4. The molecule has 2 aliphatic rings. The van der Waals surface area contributed by atoms with Crippen molar-refractivity contribution in [1.82, 2.24) is 9.55 Å². The lowest BCUT2D eigenvalue weighted by atomic mass is 9.70. The van der Waals surface area contributed by atoms with Gasteiger partial charge in [0, 0.05) is 30.1 Å². The molecule has 11 nitrogen and oxygen atoms in total. The minimum atomic E-state index is -2.49. The van der Waals surface area contributed by atoms with E-state index in [1.54, 1.807) is 33.8 Å². The molecular formula is C40H66N2O9Si. The zero-order valence-electron chi connectivity index (χ0n) is 34.4. The predicted molar refractivity (Wildman–Crippen MR) is 202 cm³/mol. The Morgan fingerprint density at radius 2 is 1.71 bits per heavy atom. The molecule has 3 rings (SSSR count). The van der Waals surface area contributed by atoms with Gasteiger partial charge in [-0.25, -0.2) is 14.3 Å². The first-order valence-electron chi connectivity index (χ1n) is 19.0. The van der Waals surface area contributed by atoms with Gasteiger partial charge in [-0.3, -0.25) is 14.4 Å². The van der Waals surface area contributed by atoms with E-state index < -0.39 is 67.6 Å². The number of carbonyl (C=O) groups is 4. The van der Waals surface area contributed by atoms with Gasteiger partial charge in [0.05, 0.1) is 18.8 Å². The summed E-state index contributed by atoms with van der Waals surface area (Å²) in [6.45, 7) is 29.2. The van der Waals surface area contributed by atoms with Crippen LogP contribution in [0.5, 0.6) is 0 Å². The second-order valence-electron chi connectivity index (χ2n) is 17.8. The van der Waals surface area contributed by atoms with Gasteiger partial charge in [-0.2, -0.15) is 0 Å². The van der Waals surface area contributed by atoms with E-state index in [0.29, 0.717) is 17.9 Å². The molecule has 2 aliphatic heterocycles. The number of rotatable bonds is 7. The molecule has 12 heteroatoms. The van der Waals surface area contributed by atoms with Crippen molar-refractivity contribution in [2.75, 3.05) is 6.61 Å².